The van der Waals surface area contributed by atoms with Gasteiger partial charge in [0.2, 0.25) is 0 Å². The van der Waals surface area contributed by atoms with Crippen molar-refractivity contribution in [1.29, 1.82) is 0 Å². The van der Waals surface area contributed by atoms with E-state index in [1.165, 1.54) is 6.42 Å². The Bertz CT molecular complexity index is 423. The van der Waals surface area contributed by atoms with E-state index in [1.807, 2.05) is 12.1 Å². The number of hydrogen-bond donors (Lipinski definition) is 1. The van der Waals surface area contributed by atoms with Crippen LogP contribution >= 0.6 is 0 Å². The average Bonchev–Trinajstić information content (AvgIpc) is 2.38. The van der Waals surface area contributed by atoms with Crippen molar-refractivity contribution in [3.8, 4) is 0 Å². The van der Waals surface area contributed by atoms with Crippen LogP contribution in [0.5, 0.6) is 0 Å². The Kier molecular flexibility index (Phi) is 5.41. The Hall–Kier alpha value is -1.09. The summed E-state index contributed by atoms with van der Waals surface area (Å²) in [4.78, 5) is 2.25. The van der Waals surface area contributed by atoms with Crippen molar-refractivity contribution in [3.05, 3.63) is 29.6 Å². The van der Waals surface area contributed by atoms with Crippen LogP contribution in [0.1, 0.15) is 39.2 Å². The number of rotatable bonds is 5. The molecule has 0 aromatic heterocycles. The van der Waals surface area contributed by atoms with Gasteiger partial charge in [0.1, 0.15) is 5.82 Å². The van der Waals surface area contributed by atoms with E-state index in [0.29, 0.717) is 11.8 Å². The summed E-state index contributed by atoms with van der Waals surface area (Å²) in [6.45, 7) is 10.3. The van der Waals surface area contributed by atoms with Crippen LogP contribution in [0.25, 0.3) is 0 Å². The quantitative estimate of drug-likeness (QED) is 0.824. The molecule has 1 N–H and O–H groups in total. The minimum atomic E-state index is -0.0814. The lowest BCUT2D eigenvalue weighted by Crippen LogP contribution is -2.40. The van der Waals surface area contributed by atoms with Gasteiger partial charge in [0, 0.05) is 19.6 Å². The van der Waals surface area contributed by atoms with Gasteiger partial charge in [0.05, 0.1) is 5.69 Å². The van der Waals surface area contributed by atoms with Gasteiger partial charge in [-0.1, -0.05) is 32.9 Å². The molecule has 0 spiro atoms. The molecule has 1 aromatic rings. The molecule has 0 amide bonds. The van der Waals surface area contributed by atoms with Crippen LogP contribution in [0.4, 0.5) is 10.1 Å². The van der Waals surface area contributed by atoms with E-state index in [-0.39, 0.29) is 5.82 Å². The van der Waals surface area contributed by atoms with Crippen molar-refractivity contribution in [3.63, 3.8) is 0 Å². The number of hydrogen-bond acceptors (Lipinski definition) is 2. The summed E-state index contributed by atoms with van der Waals surface area (Å²) in [5, 5.41) is 3.39. The zero-order valence-corrected chi connectivity index (χ0v) is 13.0. The fourth-order valence-corrected chi connectivity index (χ4v) is 3.30. The molecule has 0 saturated carbocycles. The lowest BCUT2D eigenvalue weighted by molar-refractivity contribution is 0.354. The van der Waals surface area contributed by atoms with Gasteiger partial charge < -0.3 is 10.2 Å². The SMILES string of the molecule is CCCNCc1cccc(F)c1N1CC(C)CC(C)C1. The van der Waals surface area contributed by atoms with Gasteiger partial charge >= 0.3 is 0 Å². The van der Waals surface area contributed by atoms with E-state index < -0.39 is 0 Å². The third-order valence-corrected chi connectivity index (χ3v) is 4.00. The Morgan fingerprint density at radius 1 is 1.25 bits per heavy atom. The smallest absolute Gasteiger partial charge is 0.146 e. The molecular formula is C17H27FN2. The van der Waals surface area contributed by atoms with Crippen molar-refractivity contribution in [2.24, 2.45) is 11.8 Å². The summed E-state index contributed by atoms with van der Waals surface area (Å²) in [5.74, 6) is 1.19. The molecule has 2 nitrogen and oxygen atoms in total. The van der Waals surface area contributed by atoms with E-state index in [4.69, 9.17) is 0 Å². The van der Waals surface area contributed by atoms with E-state index >= 15 is 0 Å². The molecular weight excluding hydrogens is 251 g/mol. The second kappa shape index (κ2) is 7.07. The summed E-state index contributed by atoms with van der Waals surface area (Å²) in [5.41, 5.74) is 1.90. The first-order valence-electron chi connectivity index (χ1n) is 7.84. The van der Waals surface area contributed by atoms with Crippen LogP contribution in [0.3, 0.4) is 0 Å². The molecule has 2 atom stereocenters. The molecule has 1 aromatic carbocycles. The van der Waals surface area contributed by atoms with Crippen LogP contribution in [-0.4, -0.2) is 19.6 Å². The molecule has 112 valence electrons. The molecule has 2 unspecified atom stereocenters. The zero-order chi connectivity index (χ0) is 14.5. The summed E-state index contributed by atoms with van der Waals surface area (Å²) >= 11 is 0. The molecule has 3 heteroatoms. The van der Waals surface area contributed by atoms with Gasteiger partial charge in [0.25, 0.3) is 0 Å². The van der Waals surface area contributed by atoms with Crippen LogP contribution in [0.15, 0.2) is 18.2 Å². The first-order chi connectivity index (χ1) is 9.61. The monoisotopic (exact) mass is 278 g/mol. The largest absolute Gasteiger partial charge is 0.368 e. The van der Waals surface area contributed by atoms with Gasteiger partial charge in [0.15, 0.2) is 0 Å². The van der Waals surface area contributed by atoms with Crippen molar-refractivity contribution in [1.82, 2.24) is 5.32 Å². The minimum Gasteiger partial charge on any atom is -0.368 e. The van der Waals surface area contributed by atoms with Crippen molar-refractivity contribution in [2.75, 3.05) is 24.5 Å². The van der Waals surface area contributed by atoms with Crippen LogP contribution < -0.4 is 10.2 Å². The fourth-order valence-electron chi connectivity index (χ4n) is 3.30. The Balaban J connectivity index is 2.20. The first-order valence-corrected chi connectivity index (χ1v) is 7.84. The van der Waals surface area contributed by atoms with Crippen molar-refractivity contribution < 1.29 is 4.39 Å². The molecule has 1 aliphatic heterocycles. The molecule has 1 heterocycles. The number of para-hydroxylation sites is 1. The maximum Gasteiger partial charge on any atom is 0.146 e. The second-order valence-corrected chi connectivity index (χ2v) is 6.28. The number of nitrogens with zero attached hydrogens (tertiary/aromatic N) is 1. The second-order valence-electron chi connectivity index (χ2n) is 6.28. The summed E-state index contributed by atoms with van der Waals surface area (Å²) in [7, 11) is 0. The molecule has 0 bridgehead atoms. The molecule has 1 fully saturated rings. The predicted octanol–water partition coefficient (Wildman–Crippen LogP) is 3.81. The number of anilines is 1. The predicted molar refractivity (Wildman–Crippen MR) is 83.6 cm³/mol. The van der Waals surface area contributed by atoms with Crippen LogP contribution in [-0.2, 0) is 6.54 Å². The van der Waals surface area contributed by atoms with Crippen molar-refractivity contribution in [2.45, 2.75) is 40.2 Å². The van der Waals surface area contributed by atoms with Gasteiger partial charge in [-0.3, -0.25) is 0 Å². The Morgan fingerprint density at radius 3 is 2.60 bits per heavy atom. The maximum absolute atomic E-state index is 14.3. The lowest BCUT2D eigenvalue weighted by Gasteiger charge is -2.37. The Morgan fingerprint density at radius 2 is 1.95 bits per heavy atom. The highest BCUT2D eigenvalue weighted by Gasteiger charge is 2.25. The number of nitrogens with one attached hydrogen (secondary N) is 1. The van der Waals surface area contributed by atoms with Crippen LogP contribution in [0, 0.1) is 17.7 Å². The standard InChI is InChI=1S/C17H27FN2/c1-4-8-19-10-15-6-5-7-16(18)17(15)20-11-13(2)9-14(3)12-20/h5-7,13-14,19H,4,8-12H2,1-3H3. The zero-order valence-electron chi connectivity index (χ0n) is 13.0. The first kappa shape index (κ1) is 15.3. The van der Waals surface area contributed by atoms with Gasteiger partial charge in [-0.2, -0.15) is 0 Å². The number of benzene rings is 1. The van der Waals surface area contributed by atoms with Crippen LogP contribution in [0.2, 0.25) is 0 Å². The molecule has 20 heavy (non-hydrogen) atoms. The highest BCUT2D eigenvalue weighted by Crippen LogP contribution is 2.31. The highest BCUT2D eigenvalue weighted by molar-refractivity contribution is 5.55. The number of piperidine rings is 1. The van der Waals surface area contributed by atoms with E-state index in [0.717, 1.165) is 43.9 Å². The highest BCUT2D eigenvalue weighted by atomic mass is 19.1. The van der Waals surface area contributed by atoms with E-state index in [2.05, 4.69) is 31.0 Å². The van der Waals surface area contributed by atoms with Crippen molar-refractivity contribution >= 4 is 5.69 Å². The summed E-state index contributed by atoms with van der Waals surface area (Å²) in [6, 6.07) is 5.45. The van der Waals surface area contributed by atoms with E-state index in [1.54, 1.807) is 6.07 Å². The third-order valence-electron chi connectivity index (χ3n) is 4.00. The molecule has 0 aliphatic carbocycles. The maximum atomic E-state index is 14.3. The number of halogens is 1. The topological polar surface area (TPSA) is 15.3 Å². The minimum absolute atomic E-state index is 0.0814. The molecule has 2 rings (SSSR count). The average molecular weight is 278 g/mol. The third kappa shape index (κ3) is 3.72. The molecule has 1 aliphatic rings. The molecule has 0 radical (unpaired) electrons. The molecule has 1 saturated heterocycles. The normalized spacial score (nSPS) is 23.1. The van der Waals surface area contributed by atoms with Gasteiger partial charge in [-0.05, 0) is 42.9 Å². The van der Waals surface area contributed by atoms with Gasteiger partial charge in [-0.25, -0.2) is 4.39 Å². The van der Waals surface area contributed by atoms with E-state index in [9.17, 15) is 4.39 Å². The summed E-state index contributed by atoms with van der Waals surface area (Å²) in [6.07, 6.45) is 2.34. The van der Waals surface area contributed by atoms with Gasteiger partial charge in [-0.15, -0.1) is 0 Å². The summed E-state index contributed by atoms with van der Waals surface area (Å²) < 4.78 is 14.3. The Labute approximate surface area is 122 Å². The lowest BCUT2D eigenvalue weighted by atomic mass is 9.91. The fraction of sp³-hybridized carbons (Fsp3) is 0.647.